The van der Waals surface area contributed by atoms with E-state index < -0.39 is 10.7 Å². The van der Waals surface area contributed by atoms with Crippen LogP contribution in [0.15, 0.2) is 0 Å². The summed E-state index contributed by atoms with van der Waals surface area (Å²) >= 11 is 0. The van der Waals surface area contributed by atoms with Crippen LogP contribution < -0.4 is 0 Å². The Morgan fingerprint density at radius 1 is 0.667 bits per heavy atom. The van der Waals surface area contributed by atoms with Gasteiger partial charge in [0, 0.05) is 0 Å². The Balaban J connectivity index is 6.72. The monoisotopic (exact) mass is 186 g/mol. The van der Waals surface area contributed by atoms with E-state index in [0.717, 1.165) is 0 Å². The van der Waals surface area contributed by atoms with Crippen LogP contribution in [-0.4, -0.2) is 24.9 Å². The Labute approximate surface area is 44.1 Å². The molecule has 0 aliphatic rings. The summed E-state index contributed by atoms with van der Waals surface area (Å²) in [6, 6.07) is 0. The zero-order valence-electron chi connectivity index (χ0n) is 3.91. The summed E-state index contributed by atoms with van der Waals surface area (Å²) in [5.41, 5.74) is 0. The summed E-state index contributed by atoms with van der Waals surface area (Å²) in [6.07, 6.45) is 0. The molecule has 0 spiro atoms. The maximum atomic E-state index is 9.34. The van der Waals surface area contributed by atoms with Crippen LogP contribution in [-0.2, 0) is 18.3 Å². The molecule has 0 heterocycles. The van der Waals surface area contributed by atoms with Gasteiger partial charge in [0.15, 0.2) is 0 Å². The van der Waals surface area contributed by atoms with Crippen LogP contribution in [0.25, 0.3) is 0 Å². The van der Waals surface area contributed by atoms with Gasteiger partial charge in [-0.25, -0.2) is 0 Å². The van der Waals surface area contributed by atoms with E-state index in [1.165, 1.54) is 0 Å². The van der Waals surface area contributed by atoms with Crippen molar-refractivity contribution in [1.82, 2.24) is 0 Å². The first-order valence-corrected chi connectivity index (χ1v) is 5.89. The normalized spacial score (nSPS) is 30.9. The zero-order valence-corrected chi connectivity index (χ0v) is 5.18. The molecule has 0 unspecified atom stereocenters. The number of hydrogen-bond donors (Lipinski definition) is 6. The van der Waals surface area contributed by atoms with E-state index in [0.29, 0.717) is 0 Å². The van der Waals surface area contributed by atoms with Crippen LogP contribution in [0.1, 0.15) is 0 Å². The molecule has 0 bridgehead atoms. The van der Waals surface area contributed by atoms with Crippen molar-refractivity contribution in [2.75, 3.05) is 0 Å². The zero-order chi connectivity index (χ0) is 8.35. The first kappa shape index (κ1) is 8.89. The molecule has 0 amide bonds. The second kappa shape index (κ2) is 0.482. The molecule has 0 aliphatic carbocycles. The quantitative estimate of drug-likeness (QED) is 0.227. The van der Waals surface area contributed by atoms with E-state index in [1.807, 2.05) is 0 Å². The van der Waals surface area contributed by atoms with Gasteiger partial charge >= 0.3 is 43.2 Å². The van der Waals surface area contributed by atoms with E-state index in [1.54, 1.807) is 0 Å². The van der Waals surface area contributed by atoms with E-state index >= 15 is 0 Å². The predicted octanol–water partition coefficient (Wildman–Crippen LogP) is -3.58. The summed E-state index contributed by atoms with van der Waals surface area (Å²) in [7, 11) is -11.6. The standard InChI is InChI=1S/Cr.6H2O.2O/h;6*1H2;;/q+6;;;;;;;;/p-6. The van der Waals surface area contributed by atoms with Crippen molar-refractivity contribution < 1.29 is 43.2 Å². The van der Waals surface area contributed by atoms with Gasteiger partial charge in [-0.2, -0.15) is 0 Å². The van der Waals surface area contributed by atoms with Gasteiger partial charge in [-0.05, 0) is 0 Å². The van der Waals surface area contributed by atoms with Gasteiger partial charge in [0.1, 0.15) is 0 Å². The summed E-state index contributed by atoms with van der Waals surface area (Å²) in [6.45, 7) is 0. The molecule has 0 aromatic carbocycles. The molecule has 8 nitrogen and oxygen atoms in total. The van der Waals surface area contributed by atoms with Crippen LogP contribution in [0.2, 0.25) is 0 Å². The van der Waals surface area contributed by atoms with Crippen LogP contribution >= 0.6 is 0 Å². The molecule has 0 rings (SSSR count). The molecule has 0 radical (unpaired) electrons. The van der Waals surface area contributed by atoms with Crippen molar-refractivity contribution in [3.8, 4) is 0 Å². The van der Waals surface area contributed by atoms with Gasteiger partial charge in [0.05, 0.1) is 0 Å². The van der Waals surface area contributed by atoms with Crippen LogP contribution in [0.3, 0.4) is 0 Å². The van der Waals surface area contributed by atoms with E-state index in [2.05, 4.69) is 0 Å². The van der Waals surface area contributed by atoms with Crippen molar-refractivity contribution in [2.45, 2.75) is 0 Å². The molecule has 9 heteroatoms. The minimum atomic E-state index is -11.6. The van der Waals surface area contributed by atoms with Crippen molar-refractivity contribution in [3.05, 3.63) is 0 Å². The van der Waals surface area contributed by atoms with Gasteiger partial charge in [-0.3, -0.25) is 0 Å². The van der Waals surface area contributed by atoms with E-state index in [-0.39, 0.29) is 0 Å². The summed E-state index contributed by atoms with van der Waals surface area (Å²) < 4.78 is 61.9. The van der Waals surface area contributed by atoms with Crippen molar-refractivity contribution in [3.63, 3.8) is 0 Å². The third-order valence-corrected chi connectivity index (χ3v) is 0. The van der Waals surface area contributed by atoms with Gasteiger partial charge in [0.25, 0.3) is 0 Å². The first-order valence-electron chi connectivity index (χ1n) is 1.43. The molecule has 0 atom stereocenters. The van der Waals surface area contributed by atoms with E-state index in [4.69, 9.17) is 24.9 Å². The third-order valence-electron chi connectivity index (χ3n) is 0. The Kier molecular flexibility index (Phi) is 0.476. The number of rotatable bonds is 0. The first-order chi connectivity index (χ1) is 2.83. The van der Waals surface area contributed by atoms with Gasteiger partial charge < -0.3 is 0 Å². The third kappa shape index (κ3) is 23700. The molecule has 0 saturated heterocycles. The topological polar surface area (TPSA) is 156 Å². The fourth-order valence-electron chi connectivity index (χ4n) is 0. The second-order valence-electron chi connectivity index (χ2n) is 2.19. The van der Waals surface area contributed by atoms with Crippen LogP contribution in [0.5, 0.6) is 0 Å². The Morgan fingerprint density at radius 2 is 0.667 bits per heavy atom. The summed E-state index contributed by atoms with van der Waals surface area (Å²) in [5, 5.41) is 0. The molecule has 60 valence electrons. The van der Waals surface area contributed by atoms with Gasteiger partial charge in [-0.1, -0.05) is 0 Å². The predicted molar refractivity (Wildman–Crippen MR) is 14.7 cm³/mol. The fourth-order valence-corrected chi connectivity index (χ4v) is 0. The minimum absolute atomic E-state index is 7.20. The molecule has 0 aromatic heterocycles. The van der Waals surface area contributed by atoms with Gasteiger partial charge in [0.2, 0.25) is 0 Å². The molecule has 0 saturated carbocycles. The molecule has 0 fully saturated rings. The SMILES string of the molecule is [O]=[Cr](=[O])([OH])([OH])([OH])([OH])([OH])[OH]. The molecular weight excluding hydrogens is 180 g/mol. The van der Waals surface area contributed by atoms with E-state index in [9.17, 15) is 7.61 Å². The Hall–Kier alpha value is -0.108. The maximum absolute atomic E-state index is 11.6. The summed E-state index contributed by atoms with van der Waals surface area (Å²) in [5.74, 6) is 0. The second-order valence-corrected chi connectivity index (χ2v) is 9.02. The van der Waals surface area contributed by atoms with Crippen molar-refractivity contribution in [1.29, 1.82) is 0 Å². The molecular formula is H6CrO8. The van der Waals surface area contributed by atoms with Crippen molar-refractivity contribution in [2.24, 2.45) is 0 Å². The van der Waals surface area contributed by atoms with Crippen LogP contribution in [0.4, 0.5) is 0 Å². The number of hydrogen-bond acceptors (Lipinski definition) is 2. The average molecular weight is 186 g/mol. The molecule has 6 N–H and O–H groups in total. The Morgan fingerprint density at radius 3 is 0.667 bits per heavy atom. The molecule has 0 aliphatic heterocycles. The Bertz CT molecular complexity index is 320. The molecule has 0 aromatic rings. The summed E-state index contributed by atoms with van der Waals surface area (Å²) in [4.78, 5) is 0. The molecule has 9 heavy (non-hydrogen) atoms. The van der Waals surface area contributed by atoms with Crippen molar-refractivity contribution >= 4 is 0 Å². The van der Waals surface area contributed by atoms with Gasteiger partial charge in [-0.15, -0.1) is 0 Å². The fraction of sp³-hybridized carbons (Fsp3) is 0. The van der Waals surface area contributed by atoms with Crippen LogP contribution in [0, 0.1) is 0 Å². The average Bonchev–Trinajstić information content (AvgIpc) is 0.503.